The van der Waals surface area contributed by atoms with Crippen LogP contribution in [0, 0.1) is 0 Å². The number of amides is 2. The monoisotopic (exact) mass is 234 g/mol. The molecule has 0 radical (unpaired) electrons. The molecule has 0 N–H and O–H groups in total. The van der Waals surface area contributed by atoms with E-state index in [1.54, 1.807) is 0 Å². The summed E-state index contributed by atoms with van der Waals surface area (Å²) >= 11 is 0. The molecule has 1 aromatic heterocycles. The molecule has 1 atom stereocenters. The Balaban J connectivity index is 2.40. The summed E-state index contributed by atoms with van der Waals surface area (Å²) in [7, 11) is 1.21. The van der Waals surface area contributed by atoms with Crippen molar-refractivity contribution in [3.63, 3.8) is 0 Å². The van der Waals surface area contributed by atoms with Gasteiger partial charge in [-0.1, -0.05) is 0 Å². The van der Waals surface area contributed by atoms with Gasteiger partial charge in [0.1, 0.15) is 6.04 Å². The average Bonchev–Trinajstić information content (AvgIpc) is 2.61. The molecule has 6 nitrogen and oxygen atoms in total. The Morgan fingerprint density at radius 1 is 1.35 bits per heavy atom. The lowest BCUT2D eigenvalue weighted by molar-refractivity contribution is -0.144. The van der Waals surface area contributed by atoms with Gasteiger partial charge in [0.2, 0.25) is 0 Å². The molecule has 88 valence electrons. The molecule has 2 amide bonds. The van der Waals surface area contributed by atoms with Crippen molar-refractivity contribution in [2.75, 3.05) is 7.11 Å². The first-order valence-corrected chi connectivity index (χ1v) is 4.97. The quantitative estimate of drug-likeness (QED) is 0.541. The molecule has 0 bridgehead atoms. The van der Waals surface area contributed by atoms with Crippen molar-refractivity contribution in [1.29, 1.82) is 0 Å². The van der Waals surface area contributed by atoms with Crippen LogP contribution in [-0.2, 0) is 9.53 Å². The topological polar surface area (TPSA) is 76.6 Å². The fraction of sp³-hybridized carbons (Fsp3) is 0.273. The number of hydrogen-bond donors (Lipinski definition) is 0. The predicted octanol–water partition coefficient (Wildman–Crippen LogP) is 0.239. The Bertz CT molecular complexity index is 477. The number of carbonyl (C=O) groups excluding carboxylic acids is 3. The van der Waals surface area contributed by atoms with E-state index in [1.165, 1.54) is 32.5 Å². The van der Waals surface area contributed by atoms with Crippen LogP contribution < -0.4 is 0 Å². The smallest absolute Gasteiger partial charge is 0.328 e. The second-order valence-corrected chi connectivity index (χ2v) is 3.60. The van der Waals surface area contributed by atoms with Crippen LogP contribution in [0.15, 0.2) is 18.5 Å². The fourth-order valence-corrected chi connectivity index (χ4v) is 1.73. The van der Waals surface area contributed by atoms with E-state index in [2.05, 4.69) is 9.72 Å². The summed E-state index contributed by atoms with van der Waals surface area (Å²) in [4.78, 5) is 39.9. The van der Waals surface area contributed by atoms with Crippen LogP contribution in [-0.4, -0.2) is 40.8 Å². The first kappa shape index (κ1) is 11.3. The number of ether oxygens (including phenoxy) is 1. The minimum Gasteiger partial charge on any atom is -0.467 e. The average molecular weight is 234 g/mol. The SMILES string of the molecule is COC(=O)C(C)N1C(=O)c2ccncc2C1=O. The molecule has 1 aliphatic rings. The van der Waals surface area contributed by atoms with Gasteiger partial charge in [0.15, 0.2) is 0 Å². The summed E-state index contributed by atoms with van der Waals surface area (Å²) in [5.74, 6) is -1.64. The molecule has 0 aromatic carbocycles. The van der Waals surface area contributed by atoms with Gasteiger partial charge in [-0.05, 0) is 13.0 Å². The van der Waals surface area contributed by atoms with Crippen LogP contribution in [0.1, 0.15) is 27.6 Å². The molecule has 0 saturated carbocycles. The van der Waals surface area contributed by atoms with Gasteiger partial charge in [-0.3, -0.25) is 19.5 Å². The van der Waals surface area contributed by atoms with Gasteiger partial charge in [-0.15, -0.1) is 0 Å². The number of hydrogen-bond acceptors (Lipinski definition) is 5. The van der Waals surface area contributed by atoms with Gasteiger partial charge >= 0.3 is 5.97 Å². The van der Waals surface area contributed by atoms with Crippen molar-refractivity contribution in [1.82, 2.24) is 9.88 Å². The third-order valence-electron chi connectivity index (χ3n) is 2.65. The number of carbonyl (C=O) groups is 3. The Morgan fingerprint density at radius 3 is 2.59 bits per heavy atom. The maximum absolute atomic E-state index is 11.9. The summed E-state index contributed by atoms with van der Waals surface area (Å²) < 4.78 is 4.52. The van der Waals surface area contributed by atoms with Crippen molar-refractivity contribution >= 4 is 17.8 Å². The Labute approximate surface area is 97.2 Å². The molecular formula is C11H10N2O4. The molecule has 2 rings (SSSR count). The number of imide groups is 1. The van der Waals surface area contributed by atoms with E-state index in [-0.39, 0.29) is 11.1 Å². The highest BCUT2D eigenvalue weighted by Crippen LogP contribution is 2.23. The van der Waals surface area contributed by atoms with Gasteiger partial charge in [0, 0.05) is 12.4 Å². The summed E-state index contributed by atoms with van der Waals surface area (Å²) in [6.45, 7) is 1.45. The van der Waals surface area contributed by atoms with Crippen molar-refractivity contribution in [2.24, 2.45) is 0 Å². The van der Waals surface area contributed by atoms with Gasteiger partial charge < -0.3 is 4.74 Å². The number of fused-ring (bicyclic) bond motifs is 1. The third-order valence-corrected chi connectivity index (χ3v) is 2.65. The minimum absolute atomic E-state index is 0.216. The lowest BCUT2D eigenvalue weighted by atomic mass is 10.2. The fourth-order valence-electron chi connectivity index (χ4n) is 1.73. The Morgan fingerprint density at radius 2 is 2.00 bits per heavy atom. The van der Waals surface area contributed by atoms with E-state index in [1.807, 2.05) is 0 Å². The van der Waals surface area contributed by atoms with Crippen LogP contribution >= 0.6 is 0 Å². The van der Waals surface area contributed by atoms with Crippen molar-refractivity contribution < 1.29 is 19.1 Å². The van der Waals surface area contributed by atoms with Crippen LogP contribution in [0.4, 0.5) is 0 Å². The number of methoxy groups -OCH3 is 1. The molecule has 0 fully saturated rings. The molecule has 17 heavy (non-hydrogen) atoms. The normalized spacial score (nSPS) is 15.8. The largest absolute Gasteiger partial charge is 0.467 e. The van der Waals surface area contributed by atoms with Gasteiger partial charge in [-0.2, -0.15) is 0 Å². The zero-order valence-electron chi connectivity index (χ0n) is 9.34. The second-order valence-electron chi connectivity index (χ2n) is 3.60. The number of pyridine rings is 1. The molecule has 1 aromatic rings. The van der Waals surface area contributed by atoms with Crippen molar-refractivity contribution in [3.8, 4) is 0 Å². The first-order chi connectivity index (χ1) is 8.07. The molecule has 2 heterocycles. The number of nitrogens with zero attached hydrogens (tertiary/aromatic N) is 2. The van der Waals surface area contributed by atoms with Gasteiger partial charge in [0.05, 0.1) is 18.2 Å². The van der Waals surface area contributed by atoms with E-state index in [4.69, 9.17) is 0 Å². The van der Waals surface area contributed by atoms with E-state index in [0.29, 0.717) is 0 Å². The highest BCUT2D eigenvalue weighted by molar-refractivity contribution is 6.22. The molecule has 0 aliphatic carbocycles. The van der Waals surface area contributed by atoms with E-state index < -0.39 is 23.8 Å². The zero-order chi connectivity index (χ0) is 12.6. The Kier molecular flexibility index (Phi) is 2.63. The summed E-state index contributed by atoms with van der Waals surface area (Å²) in [5, 5.41) is 0. The molecule has 1 unspecified atom stereocenters. The van der Waals surface area contributed by atoms with E-state index in [9.17, 15) is 14.4 Å². The second kappa shape index (κ2) is 3.97. The third kappa shape index (κ3) is 1.57. The highest BCUT2D eigenvalue weighted by atomic mass is 16.5. The van der Waals surface area contributed by atoms with Crippen LogP contribution in [0.2, 0.25) is 0 Å². The van der Waals surface area contributed by atoms with Gasteiger partial charge in [0.25, 0.3) is 11.8 Å². The maximum atomic E-state index is 11.9. The number of aromatic nitrogens is 1. The minimum atomic E-state index is -0.938. The van der Waals surface area contributed by atoms with Gasteiger partial charge in [-0.25, -0.2) is 4.79 Å². The molecule has 1 aliphatic heterocycles. The summed E-state index contributed by atoms with van der Waals surface area (Å²) in [6, 6.07) is 0.520. The number of rotatable bonds is 2. The van der Waals surface area contributed by atoms with E-state index in [0.717, 1.165) is 4.90 Å². The van der Waals surface area contributed by atoms with Crippen LogP contribution in [0.25, 0.3) is 0 Å². The molecule has 0 spiro atoms. The maximum Gasteiger partial charge on any atom is 0.328 e. The molecule has 0 saturated heterocycles. The Hall–Kier alpha value is -2.24. The van der Waals surface area contributed by atoms with Crippen LogP contribution in [0.3, 0.4) is 0 Å². The van der Waals surface area contributed by atoms with E-state index >= 15 is 0 Å². The highest BCUT2D eigenvalue weighted by Gasteiger charge is 2.41. The standard InChI is InChI=1S/C11H10N2O4/c1-6(11(16)17-2)13-9(14)7-3-4-12-5-8(7)10(13)15/h3-6H,1-2H3. The number of esters is 1. The first-order valence-electron chi connectivity index (χ1n) is 4.97. The summed E-state index contributed by atoms with van der Waals surface area (Å²) in [6.07, 6.45) is 2.75. The lowest BCUT2D eigenvalue weighted by Gasteiger charge is -2.19. The molecular weight excluding hydrogens is 224 g/mol. The summed E-state index contributed by atoms with van der Waals surface area (Å²) in [5.41, 5.74) is 0.481. The van der Waals surface area contributed by atoms with Crippen molar-refractivity contribution in [3.05, 3.63) is 29.6 Å². The predicted molar refractivity (Wildman–Crippen MR) is 56.2 cm³/mol. The lowest BCUT2D eigenvalue weighted by Crippen LogP contribution is -2.43. The van der Waals surface area contributed by atoms with Crippen LogP contribution in [0.5, 0.6) is 0 Å². The van der Waals surface area contributed by atoms with Crippen molar-refractivity contribution in [2.45, 2.75) is 13.0 Å². The zero-order valence-corrected chi connectivity index (χ0v) is 9.34. The molecule has 6 heteroatoms.